The Labute approximate surface area is 341 Å². The number of hydrogen-bond donors (Lipinski definition) is 2. The smallest absolute Gasteiger partial charge is 0.371 e. The maximum Gasteiger partial charge on any atom is 0.371 e. The minimum atomic E-state index is -3.64. The van der Waals surface area contributed by atoms with E-state index in [1.165, 1.54) is 47.8 Å². The Morgan fingerprint density at radius 1 is 0.690 bits per heavy atom. The number of rotatable bonds is 8. The summed E-state index contributed by atoms with van der Waals surface area (Å²) in [6, 6.07) is 21.8. The van der Waals surface area contributed by atoms with E-state index in [9.17, 15) is 27.2 Å². The second-order valence-corrected chi connectivity index (χ2v) is 16.0. The molecule has 2 aliphatic heterocycles. The number of hydrogen-bond acceptors (Lipinski definition) is 10. The number of nitrogens with zero attached hydrogens (tertiary/aromatic N) is 4. The van der Waals surface area contributed by atoms with Gasteiger partial charge in [-0.25, -0.2) is 22.4 Å². The first kappa shape index (κ1) is 40.4. The van der Waals surface area contributed by atoms with Crippen LogP contribution in [0.3, 0.4) is 0 Å². The minimum absolute atomic E-state index is 0.167. The number of fused-ring (bicyclic) bond motifs is 2. The zero-order chi connectivity index (χ0) is 41.3. The maximum absolute atomic E-state index is 13.4. The monoisotopic (exact) mass is 852 g/mol. The van der Waals surface area contributed by atoms with Crippen molar-refractivity contribution in [1.82, 2.24) is 9.21 Å². The van der Waals surface area contributed by atoms with Crippen LogP contribution in [0, 0.1) is 5.82 Å². The van der Waals surface area contributed by atoms with Crippen LogP contribution < -0.4 is 14.5 Å². The lowest BCUT2D eigenvalue weighted by atomic mass is 10.1. The molecule has 2 aromatic heterocycles. The Balaban J connectivity index is 0.000000177. The fourth-order valence-corrected chi connectivity index (χ4v) is 8.98. The molecule has 2 fully saturated rings. The van der Waals surface area contributed by atoms with Crippen molar-refractivity contribution in [2.75, 3.05) is 69.3 Å². The molecule has 4 aromatic carbocycles. The molecule has 1 amide bonds. The van der Waals surface area contributed by atoms with Crippen LogP contribution in [0.2, 0.25) is 10.0 Å². The molecule has 0 bridgehead atoms. The van der Waals surface area contributed by atoms with Gasteiger partial charge in [0.05, 0.1) is 33.4 Å². The van der Waals surface area contributed by atoms with Crippen LogP contribution in [0.15, 0.2) is 98.7 Å². The minimum Gasteiger partial charge on any atom is -0.497 e. The van der Waals surface area contributed by atoms with Crippen molar-refractivity contribution in [3.63, 3.8) is 0 Å². The van der Waals surface area contributed by atoms with Crippen LogP contribution >= 0.6 is 23.2 Å². The fraction of sp³-hybridized carbons (Fsp3) is 0.225. The van der Waals surface area contributed by atoms with Crippen LogP contribution in [0.4, 0.5) is 15.8 Å². The molecule has 2 aliphatic rings. The standard InChI is InChI=1S/C20H16ClFN2O4.C20H19ClN2O6S/c21-18-14-11-17(20(26)27)28-16(14)5-4-15(18)23-6-8-24(9-7-23)19(25)12-2-1-3-13(22)10-12;1-28-13-3-2-4-14(11-13)30(26,27)23-9-7-22(8-10-23)16-5-6-17-15(19(16)21)12-18(29-17)20(24)25/h1-5,10-11H,6-9H2,(H,26,27);2-6,11-12H,7-10H2,1H3,(H,24,25). The molecule has 4 heterocycles. The van der Waals surface area contributed by atoms with Crippen LogP contribution in [0.25, 0.3) is 21.9 Å². The molecule has 0 spiro atoms. The molecule has 0 radical (unpaired) electrons. The summed E-state index contributed by atoms with van der Waals surface area (Å²) in [4.78, 5) is 40.7. The third-order valence-corrected chi connectivity index (χ3v) is 12.6. The van der Waals surface area contributed by atoms with Gasteiger partial charge in [-0.05, 0) is 54.6 Å². The number of carboxylic acid groups (broad SMARTS) is 2. The van der Waals surface area contributed by atoms with E-state index in [4.69, 9.17) is 47.0 Å². The maximum atomic E-state index is 13.4. The van der Waals surface area contributed by atoms with Gasteiger partial charge in [0.2, 0.25) is 21.5 Å². The molecule has 0 atom stereocenters. The molecule has 2 N–H and O–H groups in total. The molecule has 58 heavy (non-hydrogen) atoms. The third-order valence-electron chi connectivity index (χ3n) is 9.89. The highest BCUT2D eigenvalue weighted by atomic mass is 35.5. The van der Waals surface area contributed by atoms with Crippen molar-refractivity contribution in [2.24, 2.45) is 0 Å². The molecule has 8 rings (SSSR count). The molecule has 0 aliphatic carbocycles. The zero-order valence-electron chi connectivity index (χ0n) is 30.7. The number of ether oxygens (including phenoxy) is 1. The van der Waals surface area contributed by atoms with Crippen LogP contribution in [0.1, 0.15) is 31.5 Å². The van der Waals surface area contributed by atoms with Gasteiger partial charge in [-0.15, -0.1) is 0 Å². The van der Waals surface area contributed by atoms with E-state index < -0.39 is 27.8 Å². The Bertz CT molecular complexity index is 2650. The number of carbonyl (C=O) groups excluding carboxylic acids is 1. The second-order valence-electron chi connectivity index (χ2n) is 13.3. The number of aromatic carboxylic acids is 2. The molecule has 14 nitrogen and oxygen atoms in total. The highest BCUT2D eigenvalue weighted by Gasteiger charge is 2.30. The lowest BCUT2D eigenvalue weighted by molar-refractivity contribution is 0.0655. The van der Waals surface area contributed by atoms with Gasteiger partial charge < -0.3 is 38.5 Å². The summed E-state index contributed by atoms with van der Waals surface area (Å²) in [5.74, 6) is -2.83. The summed E-state index contributed by atoms with van der Waals surface area (Å²) < 4.78 is 56.4. The number of piperazine rings is 2. The quantitative estimate of drug-likeness (QED) is 0.158. The number of methoxy groups -OCH3 is 1. The predicted octanol–water partition coefficient (Wildman–Crippen LogP) is 7.19. The Morgan fingerprint density at radius 3 is 1.71 bits per heavy atom. The number of amides is 1. The average molecular weight is 854 g/mol. The Hall–Kier alpha value is -5.81. The molecular formula is C40H35Cl2FN4O10S. The van der Waals surface area contributed by atoms with Crippen molar-refractivity contribution >= 4 is 84.4 Å². The van der Waals surface area contributed by atoms with Crippen molar-refractivity contribution in [3.05, 3.63) is 118 Å². The topological polar surface area (TPSA) is 174 Å². The number of sulfonamides is 1. The molecule has 2 saturated heterocycles. The van der Waals surface area contributed by atoms with E-state index in [0.29, 0.717) is 101 Å². The summed E-state index contributed by atoms with van der Waals surface area (Å²) in [5, 5.41) is 20.0. The summed E-state index contributed by atoms with van der Waals surface area (Å²) in [6.07, 6.45) is 0. The number of anilines is 2. The summed E-state index contributed by atoms with van der Waals surface area (Å²) in [7, 11) is -2.15. The average Bonchev–Trinajstić information content (AvgIpc) is 3.88. The van der Waals surface area contributed by atoms with E-state index >= 15 is 0 Å². The van der Waals surface area contributed by atoms with Gasteiger partial charge in [0.15, 0.2) is 0 Å². The van der Waals surface area contributed by atoms with E-state index in [0.717, 1.165) is 5.69 Å². The van der Waals surface area contributed by atoms with E-state index in [1.807, 2.05) is 9.80 Å². The first-order valence-electron chi connectivity index (χ1n) is 17.8. The molecule has 0 saturated carbocycles. The van der Waals surface area contributed by atoms with Crippen molar-refractivity contribution in [1.29, 1.82) is 0 Å². The number of halogens is 3. The van der Waals surface area contributed by atoms with Gasteiger partial charge in [-0.3, -0.25) is 4.79 Å². The van der Waals surface area contributed by atoms with Gasteiger partial charge in [0.25, 0.3) is 5.91 Å². The number of furan rings is 2. The highest BCUT2D eigenvalue weighted by molar-refractivity contribution is 7.89. The molecular weight excluding hydrogens is 818 g/mol. The molecule has 302 valence electrons. The summed E-state index contributed by atoms with van der Waals surface area (Å²) >= 11 is 13.0. The number of carbonyl (C=O) groups is 3. The Morgan fingerprint density at radius 2 is 1.21 bits per heavy atom. The van der Waals surface area contributed by atoms with Crippen LogP contribution in [0.5, 0.6) is 5.75 Å². The number of benzene rings is 4. The van der Waals surface area contributed by atoms with Gasteiger partial charge >= 0.3 is 11.9 Å². The van der Waals surface area contributed by atoms with Crippen molar-refractivity contribution < 1.29 is 51.0 Å². The molecule has 18 heteroatoms. The van der Waals surface area contributed by atoms with Gasteiger partial charge in [-0.1, -0.05) is 35.3 Å². The molecule has 0 unspecified atom stereocenters. The first-order chi connectivity index (χ1) is 27.7. The van der Waals surface area contributed by atoms with Crippen LogP contribution in [-0.2, 0) is 10.0 Å². The fourth-order valence-electron chi connectivity index (χ4n) is 6.87. The molecule has 6 aromatic rings. The van der Waals surface area contributed by atoms with E-state index in [-0.39, 0.29) is 22.3 Å². The van der Waals surface area contributed by atoms with Gasteiger partial charge in [0, 0.05) is 86.9 Å². The van der Waals surface area contributed by atoms with Crippen molar-refractivity contribution in [3.8, 4) is 5.75 Å². The highest BCUT2D eigenvalue weighted by Crippen LogP contribution is 2.37. The van der Waals surface area contributed by atoms with Gasteiger partial charge in [0.1, 0.15) is 22.7 Å². The predicted molar refractivity (Wildman–Crippen MR) is 215 cm³/mol. The second kappa shape index (κ2) is 16.6. The number of carboxylic acids is 2. The van der Waals surface area contributed by atoms with Gasteiger partial charge in [-0.2, -0.15) is 4.31 Å². The normalized spacial score (nSPS) is 15.0. The van der Waals surface area contributed by atoms with Crippen LogP contribution in [-0.4, -0.2) is 105 Å². The Kier molecular flexibility index (Phi) is 11.5. The summed E-state index contributed by atoms with van der Waals surface area (Å²) in [5.41, 5.74) is 2.59. The SMILES string of the molecule is COc1cccc(S(=O)(=O)N2CCN(c3ccc4oc(C(=O)O)cc4c3Cl)CC2)c1.O=C(O)c1cc2c(Cl)c(N3CCN(C(=O)c4cccc(F)c4)CC3)ccc2o1. The largest absolute Gasteiger partial charge is 0.497 e. The van der Waals surface area contributed by atoms with E-state index in [1.54, 1.807) is 53.4 Å². The third kappa shape index (κ3) is 8.13. The van der Waals surface area contributed by atoms with E-state index in [2.05, 4.69) is 0 Å². The lowest BCUT2D eigenvalue weighted by Crippen LogP contribution is -2.48. The van der Waals surface area contributed by atoms with Crippen molar-refractivity contribution in [2.45, 2.75) is 4.90 Å². The summed E-state index contributed by atoms with van der Waals surface area (Å²) in [6.45, 7) is 3.51. The zero-order valence-corrected chi connectivity index (χ0v) is 33.1. The first-order valence-corrected chi connectivity index (χ1v) is 20.0. The lowest BCUT2D eigenvalue weighted by Gasteiger charge is -2.36.